The summed E-state index contributed by atoms with van der Waals surface area (Å²) < 4.78 is 3.82. The van der Waals surface area contributed by atoms with Gasteiger partial charge in [-0.3, -0.25) is 4.79 Å². The average molecular weight is 240 g/mol. The molecule has 0 bridgehead atoms. The van der Waals surface area contributed by atoms with E-state index in [1.807, 2.05) is 10.3 Å². The third-order valence-electron chi connectivity index (χ3n) is 2.92. The molecule has 1 N–H and O–H groups in total. The normalized spacial score (nSPS) is 17.7. The van der Waals surface area contributed by atoms with Crippen molar-refractivity contribution in [2.24, 2.45) is 0 Å². The monoisotopic (exact) mass is 240 g/mol. The fraction of sp³-hybridized carbons (Fsp3) is 0.700. The molecule has 2 rings (SSSR count). The fourth-order valence-electron chi connectivity index (χ4n) is 1.91. The van der Waals surface area contributed by atoms with Crippen LogP contribution in [0.1, 0.15) is 25.5 Å². The highest BCUT2D eigenvalue weighted by Gasteiger charge is 2.20. The van der Waals surface area contributed by atoms with Gasteiger partial charge in [-0.05, 0) is 24.4 Å². The molecule has 0 saturated carbocycles. The summed E-state index contributed by atoms with van der Waals surface area (Å²) in [6.45, 7) is 4.14. The van der Waals surface area contributed by atoms with Crippen LogP contribution in [0.25, 0.3) is 0 Å². The molecule has 6 heteroatoms. The molecule has 0 unspecified atom stereocenters. The van der Waals surface area contributed by atoms with Crippen molar-refractivity contribution in [3.8, 4) is 0 Å². The first-order valence-electron chi connectivity index (χ1n) is 5.50. The maximum atomic E-state index is 11.1. The largest absolute Gasteiger partial charge is 0.343 e. The van der Waals surface area contributed by atoms with Crippen molar-refractivity contribution in [2.75, 3.05) is 13.1 Å². The van der Waals surface area contributed by atoms with Gasteiger partial charge in [0.25, 0.3) is 0 Å². The second-order valence-corrected chi connectivity index (χ2v) is 4.67. The van der Waals surface area contributed by atoms with Gasteiger partial charge in [0.2, 0.25) is 5.91 Å². The van der Waals surface area contributed by atoms with Gasteiger partial charge in [-0.2, -0.15) is 0 Å². The van der Waals surface area contributed by atoms with Crippen molar-refractivity contribution in [1.82, 2.24) is 19.8 Å². The molecule has 0 aromatic carbocycles. The van der Waals surface area contributed by atoms with Gasteiger partial charge in [0.15, 0.2) is 0 Å². The minimum Gasteiger partial charge on any atom is -0.343 e. The Labute approximate surface area is 99.0 Å². The van der Waals surface area contributed by atoms with Crippen LogP contribution >= 0.6 is 11.5 Å². The standard InChI is InChI=1S/C10H16N4OS/c1-8(15)14-4-2-9(3-5-14)11-6-10-7-16-13-12-10/h7,9,11H,2-6H2,1H3. The van der Waals surface area contributed by atoms with Gasteiger partial charge in [0.05, 0.1) is 5.69 Å². The van der Waals surface area contributed by atoms with Gasteiger partial charge in [-0.15, -0.1) is 5.10 Å². The van der Waals surface area contributed by atoms with E-state index in [2.05, 4.69) is 14.9 Å². The van der Waals surface area contributed by atoms with Crippen molar-refractivity contribution in [3.63, 3.8) is 0 Å². The molecule has 1 aliphatic rings. The zero-order valence-electron chi connectivity index (χ0n) is 9.35. The van der Waals surface area contributed by atoms with E-state index in [0.29, 0.717) is 6.04 Å². The van der Waals surface area contributed by atoms with Crippen LogP contribution in [0.5, 0.6) is 0 Å². The van der Waals surface area contributed by atoms with Crippen LogP contribution in [0.2, 0.25) is 0 Å². The van der Waals surface area contributed by atoms with Gasteiger partial charge >= 0.3 is 0 Å². The SMILES string of the molecule is CC(=O)N1CCC(NCc2csnn2)CC1. The molecule has 0 atom stereocenters. The predicted molar refractivity (Wildman–Crippen MR) is 62.0 cm³/mol. The van der Waals surface area contributed by atoms with Gasteiger partial charge in [-0.25, -0.2) is 0 Å². The fourth-order valence-corrected chi connectivity index (χ4v) is 2.36. The van der Waals surface area contributed by atoms with E-state index in [0.717, 1.165) is 38.2 Å². The zero-order chi connectivity index (χ0) is 11.4. The molecule has 2 heterocycles. The molecule has 16 heavy (non-hydrogen) atoms. The van der Waals surface area contributed by atoms with Crippen LogP contribution in [0.15, 0.2) is 5.38 Å². The highest BCUT2D eigenvalue weighted by atomic mass is 32.1. The number of amides is 1. The quantitative estimate of drug-likeness (QED) is 0.842. The molecule has 0 aliphatic carbocycles. The Morgan fingerprint density at radius 2 is 2.38 bits per heavy atom. The number of carbonyl (C=O) groups is 1. The number of hydrogen-bond acceptors (Lipinski definition) is 5. The molecule has 1 aliphatic heterocycles. The van der Waals surface area contributed by atoms with E-state index in [-0.39, 0.29) is 5.91 Å². The summed E-state index contributed by atoms with van der Waals surface area (Å²) >= 11 is 1.38. The summed E-state index contributed by atoms with van der Waals surface area (Å²) in [5.41, 5.74) is 0.999. The number of likely N-dealkylation sites (tertiary alicyclic amines) is 1. The number of hydrogen-bond donors (Lipinski definition) is 1. The van der Waals surface area contributed by atoms with Crippen LogP contribution in [0.4, 0.5) is 0 Å². The predicted octanol–water partition coefficient (Wildman–Crippen LogP) is 0.639. The highest BCUT2D eigenvalue weighted by molar-refractivity contribution is 7.03. The molecule has 1 saturated heterocycles. The Kier molecular flexibility index (Phi) is 3.84. The van der Waals surface area contributed by atoms with Gasteiger partial charge < -0.3 is 10.2 Å². The first-order chi connectivity index (χ1) is 7.75. The van der Waals surface area contributed by atoms with Gasteiger partial charge in [0.1, 0.15) is 0 Å². The van der Waals surface area contributed by atoms with Crippen molar-refractivity contribution < 1.29 is 4.79 Å². The second-order valence-electron chi connectivity index (χ2n) is 4.06. The third kappa shape index (κ3) is 2.99. The van der Waals surface area contributed by atoms with E-state index in [9.17, 15) is 4.79 Å². The number of aromatic nitrogens is 2. The molecule has 0 spiro atoms. The maximum absolute atomic E-state index is 11.1. The average Bonchev–Trinajstić information content (AvgIpc) is 2.80. The Hall–Kier alpha value is -1.01. The lowest BCUT2D eigenvalue weighted by molar-refractivity contribution is -0.129. The van der Waals surface area contributed by atoms with Gasteiger partial charge in [-0.1, -0.05) is 4.49 Å². The van der Waals surface area contributed by atoms with Crippen LogP contribution in [-0.4, -0.2) is 39.5 Å². The molecule has 88 valence electrons. The summed E-state index contributed by atoms with van der Waals surface area (Å²) in [7, 11) is 0. The third-order valence-corrected chi connectivity index (χ3v) is 3.47. The molecule has 5 nitrogen and oxygen atoms in total. The van der Waals surface area contributed by atoms with Crippen LogP contribution < -0.4 is 5.32 Å². The van der Waals surface area contributed by atoms with Crippen LogP contribution in [0, 0.1) is 0 Å². The minimum atomic E-state index is 0.183. The minimum absolute atomic E-state index is 0.183. The summed E-state index contributed by atoms with van der Waals surface area (Å²) in [5.74, 6) is 0.183. The Balaban J connectivity index is 1.71. The first-order valence-corrected chi connectivity index (χ1v) is 6.34. The summed E-state index contributed by atoms with van der Waals surface area (Å²) in [6.07, 6.45) is 2.05. The lowest BCUT2D eigenvalue weighted by Crippen LogP contribution is -2.43. The number of nitrogens with one attached hydrogen (secondary N) is 1. The smallest absolute Gasteiger partial charge is 0.219 e. The summed E-state index contributed by atoms with van der Waals surface area (Å²) in [6, 6.07) is 0.497. The molecule has 1 amide bonds. The molecule has 1 aromatic heterocycles. The Morgan fingerprint density at radius 1 is 1.62 bits per heavy atom. The highest BCUT2D eigenvalue weighted by Crippen LogP contribution is 2.11. The molecule has 1 aromatic rings. The lowest BCUT2D eigenvalue weighted by Gasteiger charge is -2.31. The van der Waals surface area contributed by atoms with Crippen LogP contribution in [-0.2, 0) is 11.3 Å². The van der Waals surface area contributed by atoms with E-state index in [1.165, 1.54) is 11.5 Å². The second kappa shape index (κ2) is 5.36. The van der Waals surface area contributed by atoms with Crippen molar-refractivity contribution in [2.45, 2.75) is 32.4 Å². The Bertz CT molecular complexity index is 333. The number of nitrogens with zero attached hydrogens (tertiary/aromatic N) is 3. The molecular formula is C10H16N4OS. The molecule has 1 fully saturated rings. The number of carbonyl (C=O) groups excluding carboxylic acids is 1. The first kappa shape index (κ1) is 11.5. The van der Waals surface area contributed by atoms with Crippen molar-refractivity contribution >= 4 is 17.4 Å². The number of piperidine rings is 1. The lowest BCUT2D eigenvalue weighted by atomic mass is 10.1. The van der Waals surface area contributed by atoms with E-state index >= 15 is 0 Å². The van der Waals surface area contributed by atoms with Crippen molar-refractivity contribution in [3.05, 3.63) is 11.1 Å². The Morgan fingerprint density at radius 3 is 2.94 bits per heavy atom. The van der Waals surface area contributed by atoms with E-state index in [1.54, 1.807) is 6.92 Å². The summed E-state index contributed by atoms with van der Waals surface area (Å²) in [4.78, 5) is 13.0. The van der Waals surface area contributed by atoms with Gasteiger partial charge in [0, 0.05) is 38.0 Å². The van der Waals surface area contributed by atoms with E-state index in [4.69, 9.17) is 0 Å². The maximum Gasteiger partial charge on any atom is 0.219 e. The molecular weight excluding hydrogens is 224 g/mol. The van der Waals surface area contributed by atoms with E-state index < -0.39 is 0 Å². The van der Waals surface area contributed by atoms with Crippen molar-refractivity contribution in [1.29, 1.82) is 0 Å². The topological polar surface area (TPSA) is 58.1 Å². The zero-order valence-corrected chi connectivity index (χ0v) is 10.2. The number of rotatable bonds is 3. The summed E-state index contributed by atoms with van der Waals surface area (Å²) in [5, 5.41) is 9.39. The molecule has 0 radical (unpaired) electrons. The van der Waals surface area contributed by atoms with Crippen LogP contribution in [0.3, 0.4) is 0 Å².